The second-order valence-electron chi connectivity index (χ2n) is 4.23. The van der Waals surface area contributed by atoms with Gasteiger partial charge in [0.2, 0.25) is 0 Å². The Morgan fingerprint density at radius 1 is 1.44 bits per heavy atom. The summed E-state index contributed by atoms with van der Waals surface area (Å²) in [7, 11) is 1.74. The van der Waals surface area contributed by atoms with Crippen LogP contribution in [-0.2, 0) is 0 Å². The first-order valence-corrected chi connectivity index (χ1v) is 5.31. The lowest BCUT2D eigenvalue weighted by molar-refractivity contribution is 0.0906. The number of aromatic nitrogens is 2. The number of hydrogen-bond acceptors (Lipinski definition) is 4. The minimum absolute atomic E-state index is 0.198. The molecule has 0 saturated heterocycles. The monoisotopic (exact) mass is 222 g/mol. The van der Waals surface area contributed by atoms with E-state index in [1.54, 1.807) is 13.2 Å². The van der Waals surface area contributed by atoms with Crippen molar-refractivity contribution in [3.63, 3.8) is 0 Å². The summed E-state index contributed by atoms with van der Waals surface area (Å²) in [6.45, 7) is 5.97. The highest BCUT2D eigenvalue weighted by Gasteiger charge is 2.19. The van der Waals surface area contributed by atoms with Crippen LogP contribution in [0.15, 0.2) is 12.4 Å². The van der Waals surface area contributed by atoms with Gasteiger partial charge in [-0.05, 0) is 20.3 Å². The molecule has 1 amide bonds. The molecule has 0 spiro atoms. The van der Waals surface area contributed by atoms with E-state index in [1.807, 2.05) is 20.8 Å². The molecule has 1 aromatic heterocycles. The summed E-state index contributed by atoms with van der Waals surface area (Å²) in [5.41, 5.74) is 0.0994. The molecule has 0 atom stereocenters. The maximum Gasteiger partial charge on any atom is 0.271 e. The normalized spacial score (nSPS) is 11.0. The van der Waals surface area contributed by atoms with Gasteiger partial charge in [0.15, 0.2) is 0 Å². The van der Waals surface area contributed by atoms with Gasteiger partial charge >= 0.3 is 0 Å². The van der Waals surface area contributed by atoms with Crippen LogP contribution in [0.25, 0.3) is 0 Å². The Kier molecular flexibility index (Phi) is 3.82. The average molecular weight is 222 g/mol. The molecule has 0 saturated carbocycles. The van der Waals surface area contributed by atoms with E-state index in [0.29, 0.717) is 11.5 Å². The topological polar surface area (TPSA) is 66.9 Å². The highest BCUT2D eigenvalue weighted by atomic mass is 16.2. The fraction of sp³-hybridized carbons (Fsp3) is 0.545. The zero-order valence-electron chi connectivity index (χ0n) is 10.2. The van der Waals surface area contributed by atoms with E-state index in [4.69, 9.17) is 0 Å². The molecule has 0 bridgehead atoms. The summed E-state index contributed by atoms with van der Waals surface area (Å²) in [6, 6.07) is 0. The van der Waals surface area contributed by atoms with Crippen molar-refractivity contribution in [2.45, 2.75) is 32.7 Å². The fourth-order valence-corrected chi connectivity index (χ4v) is 1.06. The number of amides is 1. The van der Waals surface area contributed by atoms with E-state index < -0.39 is 0 Å². The van der Waals surface area contributed by atoms with Crippen LogP contribution in [0.4, 0.5) is 5.82 Å². The first-order valence-electron chi connectivity index (χ1n) is 5.31. The molecule has 0 fully saturated rings. The molecule has 88 valence electrons. The first kappa shape index (κ1) is 12.4. The van der Waals surface area contributed by atoms with E-state index in [1.165, 1.54) is 6.20 Å². The van der Waals surface area contributed by atoms with E-state index >= 15 is 0 Å². The summed E-state index contributed by atoms with van der Waals surface area (Å²) in [5, 5.41) is 5.75. The summed E-state index contributed by atoms with van der Waals surface area (Å²) in [6.07, 6.45) is 3.89. The minimum atomic E-state index is -0.228. The summed E-state index contributed by atoms with van der Waals surface area (Å²) >= 11 is 0. The van der Waals surface area contributed by atoms with Gasteiger partial charge in [0, 0.05) is 12.6 Å². The number of rotatable bonds is 4. The third kappa shape index (κ3) is 3.18. The number of anilines is 1. The highest BCUT2D eigenvalue weighted by molar-refractivity contribution is 5.92. The molecule has 5 heteroatoms. The minimum Gasteiger partial charge on any atom is -0.372 e. The highest BCUT2D eigenvalue weighted by Crippen LogP contribution is 2.09. The zero-order chi connectivity index (χ0) is 12.2. The Balaban J connectivity index is 2.80. The number of carbonyl (C=O) groups is 1. The van der Waals surface area contributed by atoms with Gasteiger partial charge in [0.1, 0.15) is 11.5 Å². The quantitative estimate of drug-likeness (QED) is 0.809. The smallest absolute Gasteiger partial charge is 0.271 e. The largest absolute Gasteiger partial charge is 0.372 e. The molecule has 0 aromatic carbocycles. The van der Waals surface area contributed by atoms with Crippen LogP contribution in [-0.4, -0.2) is 28.5 Å². The van der Waals surface area contributed by atoms with Crippen LogP contribution in [0.2, 0.25) is 0 Å². The molecule has 0 aliphatic rings. The predicted molar refractivity (Wildman–Crippen MR) is 63.4 cm³/mol. The molecule has 1 heterocycles. The summed E-state index contributed by atoms with van der Waals surface area (Å²) in [4.78, 5) is 19.9. The summed E-state index contributed by atoms with van der Waals surface area (Å²) < 4.78 is 0. The second kappa shape index (κ2) is 4.92. The standard InChI is InChI=1S/C11H18N4O/c1-5-11(2,3)15-10(16)8-6-13-7-9(12-4)14-8/h6-7H,5H2,1-4H3,(H,12,14)(H,15,16). The third-order valence-corrected chi connectivity index (χ3v) is 2.46. The Morgan fingerprint density at radius 3 is 2.69 bits per heavy atom. The molecule has 16 heavy (non-hydrogen) atoms. The van der Waals surface area contributed by atoms with Crippen LogP contribution >= 0.6 is 0 Å². The first-order chi connectivity index (χ1) is 7.48. The van der Waals surface area contributed by atoms with Crippen molar-refractivity contribution in [1.82, 2.24) is 15.3 Å². The molecule has 0 aliphatic heterocycles. The van der Waals surface area contributed by atoms with Gasteiger partial charge in [-0.1, -0.05) is 6.92 Å². The number of hydrogen-bond donors (Lipinski definition) is 2. The molecular formula is C11H18N4O. The molecule has 2 N–H and O–H groups in total. The number of nitrogens with one attached hydrogen (secondary N) is 2. The van der Waals surface area contributed by atoms with Crippen molar-refractivity contribution in [2.75, 3.05) is 12.4 Å². The zero-order valence-corrected chi connectivity index (χ0v) is 10.2. The Labute approximate surface area is 95.7 Å². The van der Waals surface area contributed by atoms with Gasteiger partial charge in [-0.15, -0.1) is 0 Å². The molecule has 0 aliphatic carbocycles. The molecule has 1 rings (SSSR count). The Morgan fingerprint density at radius 2 is 2.12 bits per heavy atom. The van der Waals surface area contributed by atoms with Crippen molar-refractivity contribution in [3.05, 3.63) is 18.1 Å². The SMILES string of the molecule is CCC(C)(C)NC(=O)c1cncc(NC)n1. The fourth-order valence-electron chi connectivity index (χ4n) is 1.06. The van der Waals surface area contributed by atoms with Crippen LogP contribution in [0.3, 0.4) is 0 Å². The van der Waals surface area contributed by atoms with Gasteiger partial charge in [-0.2, -0.15) is 0 Å². The number of nitrogens with zero attached hydrogens (tertiary/aromatic N) is 2. The van der Waals surface area contributed by atoms with E-state index in [-0.39, 0.29) is 11.4 Å². The molecule has 0 radical (unpaired) electrons. The van der Waals surface area contributed by atoms with Crippen LogP contribution < -0.4 is 10.6 Å². The molecular weight excluding hydrogens is 204 g/mol. The molecule has 1 aromatic rings. The average Bonchev–Trinajstić information content (AvgIpc) is 2.28. The van der Waals surface area contributed by atoms with Crippen molar-refractivity contribution >= 4 is 11.7 Å². The lowest BCUT2D eigenvalue weighted by Gasteiger charge is -2.24. The van der Waals surface area contributed by atoms with E-state index in [9.17, 15) is 4.79 Å². The van der Waals surface area contributed by atoms with E-state index in [0.717, 1.165) is 6.42 Å². The lowest BCUT2D eigenvalue weighted by Crippen LogP contribution is -2.43. The third-order valence-electron chi connectivity index (χ3n) is 2.46. The van der Waals surface area contributed by atoms with Gasteiger partial charge in [0.25, 0.3) is 5.91 Å². The predicted octanol–water partition coefficient (Wildman–Crippen LogP) is 1.44. The van der Waals surface area contributed by atoms with Gasteiger partial charge < -0.3 is 10.6 Å². The Bertz CT molecular complexity index is 376. The van der Waals surface area contributed by atoms with Crippen LogP contribution in [0, 0.1) is 0 Å². The van der Waals surface area contributed by atoms with E-state index in [2.05, 4.69) is 20.6 Å². The van der Waals surface area contributed by atoms with Crippen molar-refractivity contribution < 1.29 is 4.79 Å². The van der Waals surface area contributed by atoms with Crippen molar-refractivity contribution in [2.24, 2.45) is 0 Å². The molecule has 0 unspecified atom stereocenters. The summed E-state index contributed by atoms with van der Waals surface area (Å²) in [5.74, 6) is 0.387. The molecule has 5 nitrogen and oxygen atoms in total. The Hall–Kier alpha value is -1.65. The maximum atomic E-state index is 11.8. The van der Waals surface area contributed by atoms with Crippen molar-refractivity contribution in [1.29, 1.82) is 0 Å². The van der Waals surface area contributed by atoms with Crippen molar-refractivity contribution in [3.8, 4) is 0 Å². The van der Waals surface area contributed by atoms with Gasteiger partial charge in [-0.25, -0.2) is 4.98 Å². The van der Waals surface area contributed by atoms with Crippen LogP contribution in [0.1, 0.15) is 37.7 Å². The van der Waals surface area contributed by atoms with Gasteiger partial charge in [-0.3, -0.25) is 9.78 Å². The number of carbonyl (C=O) groups excluding carboxylic acids is 1. The van der Waals surface area contributed by atoms with Crippen LogP contribution in [0.5, 0.6) is 0 Å². The lowest BCUT2D eigenvalue weighted by atomic mass is 10.0. The van der Waals surface area contributed by atoms with Gasteiger partial charge in [0.05, 0.1) is 12.4 Å². The second-order valence-corrected chi connectivity index (χ2v) is 4.23. The maximum absolute atomic E-state index is 11.8.